The Morgan fingerprint density at radius 1 is 1.27 bits per heavy atom. The van der Waals surface area contributed by atoms with E-state index in [1.54, 1.807) is 21.2 Å². The Hall–Kier alpha value is -2.04. The minimum Gasteiger partial charge on any atom is -0.366 e. The minimum atomic E-state index is -3.15. The molecule has 4 heterocycles. The van der Waals surface area contributed by atoms with Crippen LogP contribution in [0.1, 0.15) is 43.4 Å². The van der Waals surface area contributed by atoms with Gasteiger partial charge < -0.3 is 5.32 Å². The van der Waals surface area contributed by atoms with E-state index in [1.807, 2.05) is 31.3 Å². The second kappa shape index (κ2) is 8.99. The number of sulfonamides is 1. The van der Waals surface area contributed by atoms with Gasteiger partial charge in [0, 0.05) is 49.7 Å². The molecule has 1 N–H and O–H groups in total. The number of hydrogen-bond acceptors (Lipinski definition) is 6. The monoisotopic (exact) mass is 492 g/mol. The normalized spacial score (nSPS) is 16.2. The molecule has 0 unspecified atom stereocenters. The van der Waals surface area contributed by atoms with Crippen LogP contribution in [0.25, 0.3) is 5.65 Å². The second-order valence-electron chi connectivity index (χ2n) is 7.50. The highest BCUT2D eigenvalue weighted by Crippen LogP contribution is 2.31. The molecule has 160 valence electrons. The zero-order valence-electron chi connectivity index (χ0n) is 16.8. The van der Waals surface area contributed by atoms with E-state index in [-0.39, 0.29) is 11.7 Å². The number of aromatic nitrogens is 4. The molecular weight excluding hydrogens is 468 g/mol. The molecule has 0 bridgehead atoms. The van der Waals surface area contributed by atoms with Gasteiger partial charge in [-0.1, -0.05) is 13.0 Å². The zero-order valence-corrected chi connectivity index (χ0v) is 19.2. The van der Waals surface area contributed by atoms with Crippen molar-refractivity contribution >= 4 is 37.4 Å². The number of halogens is 1. The van der Waals surface area contributed by atoms with Gasteiger partial charge in [-0.15, -0.1) is 0 Å². The summed E-state index contributed by atoms with van der Waals surface area (Å²) in [6.07, 6.45) is 7.49. The lowest BCUT2D eigenvalue weighted by Gasteiger charge is -2.31. The third kappa shape index (κ3) is 4.50. The number of hydrogen-bond donors (Lipinski definition) is 1. The first-order valence-corrected chi connectivity index (χ1v) is 12.5. The third-order valence-electron chi connectivity index (χ3n) is 5.37. The van der Waals surface area contributed by atoms with Crippen molar-refractivity contribution in [1.82, 2.24) is 23.9 Å². The van der Waals surface area contributed by atoms with Gasteiger partial charge in [0.15, 0.2) is 5.65 Å². The summed E-state index contributed by atoms with van der Waals surface area (Å²) in [6.45, 7) is 3.60. The van der Waals surface area contributed by atoms with Crippen LogP contribution in [0, 0.1) is 0 Å². The van der Waals surface area contributed by atoms with E-state index in [2.05, 4.69) is 31.3 Å². The van der Waals surface area contributed by atoms with Gasteiger partial charge in [-0.25, -0.2) is 17.7 Å². The molecule has 1 aliphatic rings. The molecule has 4 rings (SSSR count). The lowest BCUT2D eigenvalue weighted by Crippen LogP contribution is -2.39. The number of anilines is 1. The molecule has 0 aliphatic carbocycles. The number of fused-ring (bicyclic) bond motifs is 1. The van der Waals surface area contributed by atoms with Crippen molar-refractivity contribution < 1.29 is 8.42 Å². The highest BCUT2D eigenvalue weighted by atomic mass is 79.9. The van der Waals surface area contributed by atoms with E-state index in [1.165, 1.54) is 0 Å². The number of rotatable bonds is 7. The molecule has 10 heteroatoms. The summed E-state index contributed by atoms with van der Waals surface area (Å²) in [5, 5.41) is 7.86. The SMILES string of the molecule is CCCS(=O)(=O)N1CCC(c2cc(NCc3cccnc3)n3ncc(Br)c3n2)CC1. The fourth-order valence-electron chi connectivity index (χ4n) is 3.80. The highest BCUT2D eigenvalue weighted by Gasteiger charge is 2.29. The minimum absolute atomic E-state index is 0.212. The number of pyridine rings is 1. The van der Waals surface area contributed by atoms with Crippen molar-refractivity contribution in [2.75, 3.05) is 24.2 Å². The largest absolute Gasteiger partial charge is 0.366 e. The van der Waals surface area contributed by atoms with Gasteiger partial charge >= 0.3 is 0 Å². The fourth-order valence-corrected chi connectivity index (χ4v) is 5.69. The molecule has 1 fully saturated rings. The van der Waals surface area contributed by atoms with Crippen LogP contribution in [0.15, 0.2) is 41.3 Å². The molecule has 1 aliphatic heterocycles. The Bertz CT molecular complexity index is 1110. The first-order valence-electron chi connectivity index (χ1n) is 10.1. The fraction of sp³-hybridized carbons (Fsp3) is 0.450. The van der Waals surface area contributed by atoms with Crippen molar-refractivity contribution in [2.24, 2.45) is 0 Å². The van der Waals surface area contributed by atoms with Crippen LogP contribution in [0.2, 0.25) is 0 Å². The van der Waals surface area contributed by atoms with Gasteiger partial charge in [-0.05, 0) is 46.8 Å². The van der Waals surface area contributed by atoms with Gasteiger partial charge in [0.05, 0.1) is 16.4 Å². The number of nitrogens with zero attached hydrogens (tertiary/aromatic N) is 5. The van der Waals surface area contributed by atoms with Crippen molar-refractivity contribution in [3.8, 4) is 0 Å². The van der Waals surface area contributed by atoms with Crippen LogP contribution in [-0.4, -0.2) is 51.1 Å². The maximum Gasteiger partial charge on any atom is 0.214 e. The van der Waals surface area contributed by atoms with E-state index >= 15 is 0 Å². The topological polar surface area (TPSA) is 92.5 Å². The molecule has 30 heavy (non-hydrogen) atoms. The van der Waals surface area contributed by atoms with Gasteiger partial charge in [0.1, 0.15) is 5.82 Å². The smallest absolute Gasteiger partial charge is 0.214 e. The van der Waals surface area contributed by atoms with Gasteiger partial charge in [0.2, 0.25) is 10.0 Å². The zero-order chi connectivity index (χ0) is 21.1. The Balaban J connectivity index is 1.55. The van der Waals surface area contributed by atoms with Gasteiger partial charge in [-0.2, -0.15) is 9.61 Å². The molecule has 0 radical (unpaired) electrons. The van der Waals surface area contributed by atoms with Crippen LogP contribution >= 0.6 is 15.9 Å². The molecule has 0 aromatic carbocycles. The third-order valence-corrected chi connectivity index (χ3v) is 8.01. The lowest BCUT2D eigenvalue weighted by atomic mass is 9.94. The van der Waals surface area contributed by atoms with Crippen LogP contribution in [0.5, 0.6) is 0 Å². The molecule has 0 atom stereocenters. The summed E-state index contributed by atoms with van der Waals surface area (Å²) in [4.78, 5) is 8.99. The first kappa shape index (κ1) is 21.2. The first-order chi connectivity index (χ1) is 14.5. The van der Waals surface area contributed by atoms with Crippen LogP contribution in [-0.2, 0) is 16.6 Å². The van der Waals surface area contributed by atoms with E-state index < -0.39 is 10.0 Å². The summed E-state index contributed by atoms with van der Waals surface area (Å²) >= 11 is 3.54. The molecule has 0 saturated carbocycles. The van der Waals surface area contributed by atoms with Crippen molar-refractivity contribution in [3.63, 3.8) is 0 Å². The molecule has 0 spiro atoms. The second-order valence-corrected chi connectivity index (χ2v) is 10.4. The van der Waals surface area contributed by atoms with E-state index in [4.69, 9.17) is 4.98 Å². The maximum absolute atomic E-state index is 12.4. The quantitative estimate of drug-likeness (QED) is 0.543. The Kier molecular flexibility index (Phi) is 6.35. The Morgan fingerprint density at radius 2 is 2.07 bits per heavy atom. The van der Waals surface area contributed by atoms with Crippen molar-refractivity contribution in [2.45, 2.75) is 38.6 Å². The molecule has 1 saturated heterocycles. The summed E-state index contributed by atoms with van der Waals surface area (Å²) in [5.74, 6) is 1.28. The molecule has 8 nitrogen and oxygen atoms in total. The molecule has 3 aromatic heterocycles. The summed E-state index contributed by atoms with van der Waals surface area (Å²) in [7, 11) is -3.15. The summed E-state index contributed by atoms with van der Waals surface area (Å²) in [5.41, 5.74) is 2.79. The molecular formula is C20H25BrN6O2S. The Morgan fingerprint density at radius 3 is 2.77 bits per heavy atom. The average molecular weight is 493 g/mol. The van der Waals surface area contributed by atoms with E-state index in [0.717, 1.165) is 40.0 Å². The van der Waals surface area contributed by atoms with E-state index in [9.17, 15) is 8.42 Å². The van der Waals surface area contributed by atoms with Crippen LogP contribution in [0.3, 0.4) is 0 Å². The van der Waals surface area contributed by atoms with Crippen LogP contribution < -0.4 is 5.32 Å². The lowest BCUT2D eigenvalue weighted by molar-refractivity contribution is 0.316. The summed E-state index contributed by atoms with van der Waals surface area (Å²) < 4.78 is 29.0. The van der Waals surface area contributed by atoms with E-state index in [0.29, 0.717) is 26.1 Å². The highest BCUT2D eigenvalue weighted by molar-refractivity contribution is 9.10. The number of nitrogens with one attached hydrogen (secondary N) is 1. The average Bonchev–Trinajstić information content (AvgIpc) is 3.14. The number of piperidine rings is 1. The van der Waals surface area contributed by atoms with Gasteiger partial charge in [0.25, 0.3) is 0 Å². The standard InChI is InChI=1S/C20H25BrN6O2S/c1-2-10-30(28,29)26-8-5-16(6-9-26)18-11-19(23-13-15-4-3-7-22-12-15)27-20(25-18)17(21)14-24-27/h3-4,7,11-12,14,16,23H,2,5-6,8-10,13H2,1H3. The predicted octanol–water partition coefficient (Wildman–Crippen LogP) is 3.42. The molecule has 3 aromatic rings. The maximum atomic E-state index is 12.4. The van der Waals surface area contributed by atoms with Crippen LogP contribution in [0.4, 0.5) is 5.82 Å². The van der Waals surface area contributed by atoms with Crippen molar-refractivity contribution in [3.05, 3.63) is 52.5 Å². The summed E-state index contributed by atoms with van der Waals surface area (Å²) in [6, 6.07) is 5.96. The van der Waals surface area contributed by atoms with Gasteiger partial charge in [-0.3, -0.25) is 4.98 Å². The molecule has 0 amide bonds. The predicted molar refractivity (Wildman–Crippen MR) is 120 cm³/mol. The van der Waals surface area contributed by atoms with Crippen molar-refractivity contribution in [1.29, 1.82) is 0 Å². The Labute approximate surface area is 184 Å².